The van der Waals surface area contributed by atoms with Gasteiger partial charge in [-0.15, -0.1) is 12.4 Å². The number of hydrogen-bond acceptors (Lipinski definition) is 4. The Morgan fingerprint density at radius 3 is 2.43 bits per heavy atom. The van der Waals surface area contributed by atoms with Gasteiger partial charge in [-0.05, 0) is 37.8 Å². The molecule has 2 fully saturated rings. The molecule has 1 amide bonds. The van der Waals surface area contributed by atoms with Crippen molar-refractivity contribution in [2.75, 3.05) is 20.8 Å². The Hall–Kier alpha value is -1.46. The lowest BCUT2D eigenvalue weighted by Gasteiger charge is -2.35. The van der Waals surface area contributed by atoms with Gasteiger partial charge in [0.05, 0.1) is 7.11 Å². The number of carbonyl (C=O) groups excluding carboxylic acids is 1. The summed E-state index contributed by atoms with van der Waals surface area (Å²) in [5, 5.41) is 3.60. The fourth-order valence-corrected chi connectivity index (χ4v) is 3.53. The first-order valence-electron chi connectivity index (χ1n) is 7.95. The fourth-order valence-electron chi connectivity index (χ4n) is 3.53. The van der Waals surface area contributed by atoms with Crippen LogP contribution in [0.4, 0.5) is 0 Å². The molecule has 2 atom stereocenters. The molecule has 6 heteroatoms. The Morgan fingerprint density at radius 1 is 1.22 bits per heavy atom. The minimum Gasteiger partial charge on any atom is -0.493 e. The molecule has 3 rings (SSSR count). The summed E-state index contributed by atoms with van der Waals surface area (Å²) >= 11 is 0. The molecule has 0 aliphatic carbocycles. The quantitative estimate of drug-likeness (QED) is 0.893. The van der Waals surface area contributed by atoms with Gasteiger partial charge in [0.2, 0.25) is 0 Å². The maximum Gasteiger partial charge on any atom is 0.260 e. The van der Waals surface area contributed by atoms with Crippen LogP contribution in [0.5, 0.6) is 11.5 Å². The van der Waals surface area contributed by atoms with Crippen LogP contribution in [0.2, 0.25) is 0 Å². The lowest BCUT2D eigenvalue weighted by atomic mass is 9.98. The van der Waals surface area contributed by atoms with Gasteiger partial charge in [-0.25, -0.2) is 0 Å². The van der Waals surface area contributed by atoms with E-state index in [1.165, 1.54) is 12.8 Å². The summed E-state index contributed by atoms with van der Waals surface area (Å²) in [4.78, 5) is 14.3. The molecule has 2 saturated heterocycles. The van der Waals surface area contributed by atoms with E-state index in [1.54, 1.807) is 7.11 Å². The van der Waals surface area contributed by atoms with Crippen molar-refractivity contribution in [3.63, 3.8) is 0 Å². The fraction of sp³-hybridized carbons (Fsp3) is 0.588. The SMILES string of the molecule is COc1ccccc1OCC(=O)N(C)C1CC2CCC(C1)N2.Cl. The first-order valence-corrected chi connectivity index (χ1v) is 7.95. The van der Waals surface area contributed by atoms with Crippen molar-refractivity contribution in [3.05, 3.63) is 24.3 Å². The summed E-state index contributed by atoms with van der Waals surface area (Å²) in [6.45, 7) is 0.0517. The van der Waals surface area contributed by atoms with Gasteiger partial charge >= 0.3 is 0 Å². The Labute approximate surface area is 143 Å². The Morgan fingerprint density at radius 2 is 1.83 bits per heavy atom. The molecule has 2 aliphatic rings. The first kappa shape index (κ1) is 17.9. The number of piperidine rings is 1. The van der Waals surface area contributed by atoms with Crippen molar-refractivity contribution in [2.45, 2.75) is 43.8 Å². The van der Waals surface area contributed by atoms with Gasteiger partial charge in [0.15, 0.2) is 18.1 Å². The monoisotopic (exact) mass is 340 g/mol. The number of likely N-dealkylation sites (N-methyl/N-ethyl adjacent to an activating group) is 1. The summed E-state index contributed by atoms with van der Waals surface area (Å²) in [5.74, 6) is 1.28. The molecule has 0 radical (unpaired) electrons. The molecular weight excluding hydrogens is 316 g/mol. The maximum absolute atomic E-state index is 12.4. The van der Waals surface area contributed by atoms with Crippen LogP contribution < -0.4 is 14.8 Å². The number of ether oxygens (including phenoxy) is 2. The number of nitrogens with one attached hydrogen (secondary N) is 1. The van der Waals surface area contributed by atoms with Crippen LogP contribution in [-0.4, -0.2) is 49.7 Å². The standard InChI is InChI=1S/C17H24N2O3.ClH/c1-19(14-9-12-7-8-13(10-14)18-12)17(20)11-22-16-6-4-3-5-15(16)21-2;/h3-6,12-14,18H,7-11H2,1-2H3;1H. The molecule has 0 saturated carbocycles. The highest BCUT2D eigenvalue weighted by atomic mass is 35.5. The van der Waals surface area contributed by atoms with E-state index in [4.69, 9.17) is 9.47 Å². The molecule has 2 unspecified atom stereocenters. The number of rotatable bonds is 5. The second kappa shape index (κ2) is 7.88. The van der Waals surface area contributed by atoms with Gasteiger partial charge in [0, 0.05) is 25.2 Å². The third-order valence-corrected chi connectivity index (χ3v) is 4.81. The number of carbonyl (C=O) groups is 1. The topological polar surface area (TPSA) is 50.8 Å². The van der Waals surface area contributed by atoms with Gasteiger partial charge in [0.1, 0.15) is 0 Å². The highest BCUT2D eigenvalue weighted by Crippen LogP contribution is 2.29. The van der Waals surface area contributed by atoms with E-state index in [9.17, 15) is 4.79 Å². The number of hydrogen-bond donors (Lipinski definition) is 1. The van der Waals surface area contributed by atoms with Gasteiger partial charge in [-0.3, -0.25) is 4.79 Å². The van der Waals surface area contributed by atoms with Gasteiger partial charge < -0.3 is 19.7 Å². The van der Waals surface area contributed by atoms with E-state index >= 15 is 0 Å². The van der Waals surface area contributed by atoms with Crippen molar-refractivity contribution >= 4 is 18.3 Å². The molecule has 1 N–H and O–H groups in total. The minimum atomic E-state index is 0. The number of para-hydroxylation sites is 2. The molecule has 23 heavy (non-hydrogen) atoms. The third kappa shape index (κ3) is 4.09. The summed E-state index contributed by atoms with van der Waals surface area (Å²) in [7, 11) is 3.49. The predicted octanol–water partition coefficient (Wildman–Crippen LogP) is 2.24. The molecule has 2 heterocycles. The van der Waals surface area contributed by atoms with Crippen molar-refractivity contribution in [3.8, 4) is 11.5 Å². The van der Waals surface area contributed by atoms with Crippen molar-refractivity contribution in [1.29, 1.82) is 0 Å². The van der Waals surface area contributed by atoms with E-state index in [1.807, 2.05) is 36.2 Å². The zero-order valence-electron chi connectivity index (χ0n) is 13.7. The average Bonchev–Trinajstić information content (AvgIpc) is 2.90. The highest BCUT2D eigenvalue weighted by molar-refractivity contribution is 5.85. The van der Waals surface area contributed by atoms with E-state index < -0.39 is 0 Å². The van der Waals surface area contributed by atoms with E-state index in [0.717, 1.165) is 12.8 Å². The molecule has 1 aromatic carbocycles. The Balaban J connectivity index is 0.00000192. The van der Waals surface area contributed by atoms with Crippen LogP contribution in [0, 0.1) is 0 Å². The molecule has 1 aromatic rings. The Bertz CT molecular complexity index is 528. The smallest absolute Gasteiger partial charge is 0.260 e. The summed E-state index contributed by atoms with van der Waals surface area (Å²) in [6.07, 6.45) is 4.57. The maximum atomic E-state index is 12.4. The number of halogens is 1. The van der Waals surface area contributed by atoms with Crippen LogP contribution in [0.25, 0.3) is 0 Å². The molecule has 0 aromatic heterocycles. The second-order valence-corrected chi connectivity index (χ2v) is 6.21. The number of methoxy groups -OCH3 is 1. The van der Waals surface area contributed by atoms with Gasteiger partial charge in [-0.2, -0.15) is 0 Å². The zero-order valence-corrected chi connectivity index (χ0v) is 14.5. The lowest BCUT2D eigenvalue weighted by Crippen LogP contribution is -2.49. The zero-order chi connectivity index (χ0) is 15.5. The molecule has 2 aliphatic heterocycles. The summed E-state index contributed by atoms with van der Waals surface area (Å²) in [6, 6.07) is 8.88. The molecule has 2 bridgehead atoms. The van der Waals surface area contributed by atoms with Crippen LogP contribution in [0.15, 0.2) is 24.3 Å². The highest BCUT2D eigenvalue weighted by Gasteiger charge is 2.36. The average molecular weight is 341 g/mol. The molecule has 5 nitrogen and oxygen atoms in total. The largest absolute Gasteiger partial charge is 0.493 e. The van der Waals surface area contributed by atoms with Crippen molar-refractivity contribution < 1.29 is 14.3 Å². The summed E-state index contributed by atoms with van der Waals surface area (Å²) in [5.41, 5.74) is 0. The number of amides is 1. The number of benzene rings is 1. The van der Waals surface area contributed by atoms with Crippen LogP contribution in [0.3, 0.4) is 0 Å². The number of nitrogens with zero attached hydrogens (tertiary/aromatic N) is 1. The van der Waals surface area contributed by atoms with Crippen LogP contribution >= 0.6 is 12.4 Å². The second-order valence-electron chi connectivity index (χ2n) is 6.21. The van der Waals surface area contributed by atoms with E-state index in [0.29, 0.717) is 29.6 Å². The van der Waals surface area contributed by atoms with Gasteiger partial charge in [-0.1, -0.05) is 12.1 Å². The summed E-state index contributed by atoms with van der Waals surface area (Å²) < 4.78 is 10.9. The van der Waals surface area contributed by atoms with Crippen LogP contribution in [-0.2, 0) is 4.79 Å². The van der Waals surface area contributed by atoms with Gasteiger partial charge in [0.25, 0.3) is 5.91 Å². The molecule has 0 spiro atoms. The third-order valence-electron chi connectivity index (χ3n) is 4.81. The van der Waals surface area contributed by atoms with Crippen molar-refractivity contribution in [1.82, 2.24) is 10.2 Å². The normalized spacial score (nSPS) is 25.4. The molecular formula is C17H25ClN2O3. The first-order chi connectivity index (χ1) is 10.7. The number of fused-ring (bicyclic) bond motifs is 2. The molecule has 128 valence electrons. The van der Waals surface area contributed by atoms with Crippen LogP contribution in [0.1, 0.15) is 25.7 Å². The predicted molar refractivity (Wildman–Crippen MR) is 91.5 cm³/mol. The van der Waals surface area contributed by atoms with E-state index in [-0.39, 0.29) is 24.9 Å². The Kier molecular flexibility index (Phi) is 6.13. The van der Waals surface area contributed by atoms with E-state index in [2.05, 4.69) is 5.32 Å². The van der Waals surface area contributed by atoms with Crippen molar-refractivity contribution in [2.24, 2.45) is 0 Å². The minimum absolute atomic E-state index is 0. The lowest BCUT2D eigenvalue weighted by molar-refractivity contribution is -0.134.